The minimum absolute atomic E-state index is 0.0329. The largest absolute Gasteiger partial charge is 0.350 e. The maximum absolute atomic E-state index is 12.8. The molecule has 2 aromatic heterocycles. The van der Waals surface area contributed by atoms with Crippen molar-refractivity contribution in [3.8, 4) is 0 Å². The van der Waals surface area contributed by atoms with Crippen molar-refractivity contribution in [2.24, 2.45) is 0 Å². The quantitative estimate of drug-likeness (QED) is 0.468. The summed E-state index contributed by atoms with van der Waals surface area (Å²) in [5, 5.41) is 7.44. The number of nitrogens with one attached hydrogen (secondary N) is 1. The molecule has 8 nitrogen and oxygen atoms in total. The van der Waals surface area contributed by atoms with Crippen LogP contribution in [-0.4, -0.2) is 49.8 Å². The summed E-state index contributed by atoms with van der Waals surface area (Å²) in [5.74, 6) is -0.847. The molecule has 0 unspecified atom stereocenters. The van der Waals surface area contributed by atoms with Gasteiger partial charge in [0, 0.05) is 30.5 Å². The van der Waals surface area contributed by atoms with Gasteiger partial charge in [-0.3, -0.25) is 24.3 Å². The normalized spacial score (nSPS) is 14.8. The number of halogens is 2. The van der Waals surface area contributed by atoms with Crippen LogP contribution in [0.4, 0.5) is 4.79 Å². The molecule has 0 radical (unpaired) electrons. The van der Waals surface area contributed by atoms with E-state index in [2.05, 4.69) is 15.4 Å². The van der Waals surface area contributed by atoms with Gasteiger partial charge in [0.2, 0.25) is 0 Å². The smallest absolute Gasteiger partial charge is 0.293 e. The van der Waals surface area contributed by atoms with E-state index in [1.165, 1.54) is 4.68 Å². The molecule has 3 amide bonds. The van der Waals surface area contributed by atoms with Gasteiger partial charge in [0.15, 0.2) is 0 Å². The number of rotatable bonds is 7. The topological polar surface area (TPSA) is 97.2 Å². The Labute approximate surface area is 209 Å². The summed E-state index contributed by atoms with van der Waals surface area (Å²) in [5.41, 5.74) is 2.24. The molecule has 3 heterocycles. The summed E-state index contributed by atoms with van der Waals surface area (Å²) in [6.07, 6.45) is 4.85. The zero-order chi connectivity index (χ0) is 24.2. The van der Waals surface area contributed by atoms with Crippen LogP contribution in [0.15, 0.2) is 53.7 Å². The van der Waals surface area contributed by atoms with Gasteiger partial charge in [-0.1, -0.05) is 47.5 Å². The summed E-state index contributed by atoms with van der Waals surface area (Å²) in [6.45, 7) is 2.10. The van der Waals surface area contributed by atoms with Crippen LogP contribution < -0.4 is 5.32 Å². The fourth-order valence-corrected chi connectivity index (χ4v) is 4.76. The van der Waals surface area contributed by atoms with Crippen molar-refractivity contribution in [1.29, 1.82) is 0 Å². The summed E-state index contributed by atoms with van der Waals surface area (Å²) >= 11 is 13.5. The van der Waals surface area contributed by atoms with E-state index in [1.54, 1.807) is 43.6 Å². The molecule has 0 atom stereocenters. The van der Waals surface area contributed by atoms with Crippen LogP contribution in [0.3, 0.4) is 0 Å². The number of nitrogens with zero attached hydrogens (tertiary/aromatic N) is 4. The first-order chi connectivity index (χ1) is 16.3. The highest BCUT2D eigenvalue weighted by atomic mass is 35.5. The molecule has 1 aromatic carbocycles. The number of hydrogen-bond acceptors (Lipinski definition) is 6. The van der Waals surface area contributed by atoms with Gasteiger partial charge >= 0.3 is 0 Å². The van der Waals surface area contributed by atoms with Crippen LogP contribution in [0.1, 0.15) is 27.2 Å². The van der Waals surface area contributed by atoms with Crippen molar-refractivity contribution in [3.05, 3.63) is 86.3 Å². The van der Waals surface area contributed by atoms with E-state index < -0.39 is 17.1 Å². The van der Waals surface area contributed by atoms with Gasteiger partial charge in [-0.25, -0.2) is 4.68 Å². The van der Waals surface area contributed by atoms with Gasteiger partial charge in [0.1, 0.15) is 5.15 Å². The maximum Gasteiger partial charge on any atom is 0.293 e. The maximum atomic E-state index is 12.8. The number of amides is 3. The summed E-state index contributed by atoms with van der Waals surface area (Å²) in [6, 6.07) is 10.8. The minimum atomic E-state index is -0.439. The number of pyridine rings is 1. The van der Waals surface area contributed by atoms with Crippen LogP contribution in [0.25, 0.3) is 6.08 Å². The number of benzene rings is 1. The predicted octanol–water partition coefficient (Wildman–Crippen LogP) is 4.41. The average molecular weight is 516 g/mol. The average Bonchev–Trinajstić information content (AvgIpc) is 3.24. The molecule has 1 aliphatic heterocycles. The summed E-state index contributed by atoms with van der Waals surface area (Å²) in [7, 11) is 0. The first-order valence-electron chi connectivity index (χ1n) is 10.2. The number of aryl methyl sites for hydroxylation is 1. The molecule has 3 aromatic rings. The molecule has 174 valence electrons. The van der Waals surface area contributed by atoms with E-state index in [-0.39, 0.29) is 23.8 Å². The third-order valence-electron chi connectivity index (χ3n) is 5.05. The van der Waals surface area contributed by atoms with E-state index in [0.29, 0.717) is 22.2 Å². The molecular weight excluding hydrogens is 497 g/mol. The van der Waals surface area contributed by atoms with E-state index in [4.69, 9.17) is 23.2 Å². The summed E-state index contributed by atoms with van der Waals surface area (Å²) in [4.78, 5) is 43.1. The molecule has 11 heteroatoms. The first kappa shape index (κ1) is 24.0. The molecule has 1 aliphatic rings. The molecule has 4 rings (SSSR count). The number of aromatic nitrogens is 3. The van der Waals surface area contributed by atoms with E-state index in [1.807, 2.05) is 18.2 Å². The van der Waals surface area contributed by atoms with Crippen LogP contribution in [0.5, 0.6) is 0 Å². The van der Waals surface area contributed by atoms with Gasteiger partial charge < -0.3 is 5.32 Å². The van der Waals surface area contributed by atoms with Crippen molar-refractivity contribution < 1.29 is 14.4 Å². The second-order valence-corrected chi connectivity index (χ2v) is 9.13. The lowest BCUT2D eigenvalue weighted by molar-refractivity contribution is -0.122. The lowest BCUT2D eigenvalue weighted by Gasteiger charge is -2.13. The van der Waals surface area contributed by atoms with Crippen molar-refractivity contribution in [2.45, 2.75) is 13.5 Å². The molecule has 1 saturated heterocycles. The fourth-order valence-electron chi connectivity index (χ4n) is 3.38. The third kappa shape index (κ3) is 5.16. The van der Waals surface area contributed by atoms with Gasteiger partial charge in [-0.2, -0.15) is 5.10 Å². The monoisotopic (exact) mass is 515 g/mol. The Balaban J connectivity index is 1.38. The second kappa shape index (κ2) is 10.4. The van der Waals surface area contributed by atoms with Gasteiger partial charge in [-0.15, -0.1) is 0 Å². The fraction of sp³-hybridized carbons (Fsp3) is 0.174. The van der Waals surface area contributed by atoms with E-state index in [0.717, 1.165) is 27.8 Å². The Hall–Kier alpha value is -3.14. The molecule has 1 fully saturated rings. The Bertz CT molecular complexity index is 1290. The Morgan fingerprint density at radius 3 is 2.71 bits per heavy atom. The molecule has 0 saturated carbocycles. The van der Waals surface area contributed by atoms with Crippen LogP contribution in [-0.2, 0) is 11.3 Å². The standard InChI is InChI=1S/C23H19Cl2N5O3S/c1-14-19(20(25)30(28-14)13-16-6-2-3-7-17(16)24)21(31)27-9-10-29-22(32)18(34-23(29)33)11-15-5-4-8-26-12-15/h2-8,11-12H,9-10,13H2,1H3,(H,27,31)/b18-11-. The van der Waals surface area contributed by atoms with Crippen molar-refractivity contribution in [1.82, 2.24) is 25.0 Å². The zero-order valence-electron chi connectivity index (χ0n) is 18.0. The first-order valence-corrected chi connectivity index (χ1v) is 11.8. The van der Waals surface area contributed by atoms with Crippen LogP contribution in [0, 0.1) is 6.92 Å². The number of hydrogen-bond donors (Lipinski definition) is 1. The molecule has 0 spiro atoms. The van der Waals surface area contributed by atoms with Crippen LogP contribution >= 0.6 is 35.0 Å². The second-order valence-electron chi connectivity index (χ2n) is 7.38. The van der Waals surface area contributed by atoms with E-state index in [9.17, 15) is 14.4 Å². The highest BCUT2D eigenvalue weighted by Crippen LogP contribution is 2.31. The lowest BCUT2D eigenvalue weighted by atomic mass is 10.2. The number of imide groups is 1. The molecule has 0 aliphatic carbocycles. The van der Waals surface area contributed by atoms with Crippen molar-refractivity contribution in [2.75, 3.05) is 13.1 Å². The molecule has 1 N–H and O–H groups in total. The van der Waals surface area contributed by atoms with Crippen molar-refractivity contribution in [3.63, 3.8) is 0 Å². The molecule has 0 bridgehead atoms. The van der Waals surface area contributed by atoms with Gasteiger partial charge in [0.25, 0.3) is 17.1 Å². The Morgan fingerprint density at radius 2 is 1.97 bits per heavy atom. The zero-order valence-corrected chi connectivity index (χ0v) is 20.3. The SMILES string of the molecule is Cc1nn(Cc2ccccc2Cl)c(Cl)c1C(=O)NCCN1C(=O)S/C(=C\c2cccnc2)C1=O. The van der Waals surface area contributed by atoms with Gasteiger partial charge in [-0.05, 0) is 48.0 Å². The summed E-state index contributed by atoms with van der Waals surface area (Å²) < 4.78 is 1.51. The number of thioether (sulfide) groups is 1. The van der Waals surface area contributed by atoms with Gasteiger partial charge in [0.05, 0.1) is 22.7 Å². The minimum Gasteiger partial charge on any atom is -0.350 e. The molecular formula is C23H19Cl2N5O3S. The Kier molecular flexibility index (Phi) is 7.35. The van der Waals surface area contributed by atoms with E-state index >= 15 is 0 Å². The van der Waals surface area contributed by atoms with Crippen LogP contribution in [0.2, 0.25) is 10.2 Å². The highest BCUT2D eigenvalue weighted by molar-refractivity contribution is 8.18. The number of carbonyl (C=O) groups is 3. The predicted molar refractivity (Wildman–Crippen MR) is 132 cm³/mol. The Morgan fingerprint density at radius 1 is 1.18 bits per heavy atom. The highest BCUT2D eigenvalue weighted by Gasteiger charge is 2.34. The third-order valence-corrected chi connectivity index (χ3v) is 6.71. The lowest BCUT2D eigenvalue weighted by Crippen LogP contribution is -2.37. The van der Waals surface area contributed by atoms with Crippen molar-refractivity contribution >= 4 is 58.1 Å². The molecule has 34 heavy (non-hydrogen) atoms. The number of carbonyl (C=O) groups excluding carboxylic acids is 3.